The second-order valence-electron chi connectivity index (χ2n) is 2.97. The minimum absolute atomic E-state index is 0.0631. The molecule has 1 heterocycles. The number of carbonyl (C=O) groups excluding carboxylic acids is 1. The molecule has 12 heavy (non-hydrogen) atoms. The highest BCUT2D eigenvalue weighted by Crippen LogP contribution is 2.07. The van der Waals surface area contributed by atoms with Gasteiger partial charge in [0.1, 0.15) is 0 Å². The molecule has 1 aromatic rings. The number of aryl methyl sites for hydroxylation is 1. The first-order valence-corrected chi connectivity index (χ1v) is 3.96. The zero-order valence-electron chi connectivity index (χ0n) is 7.55. The molecule has 0 bridgehead atoms. The summed E-state index contributed by atoms with van der Waals surface area (Å²) in [6, 6.07) is 1.72. The summed E-state index contributed by atoms with van der Waals surface area (Å²) in [6.07, 6.45) is 1.67. The van der Waals surface area contributed by atoms with Crippen LogP contribution >= 0.6 is 0 Å². The third-order valence-electron chi connectivity index (χ3n) is 1.52. The number of aromatic nitrogens is 1. The highest BCUT2D eigenvalue weighted by molar-refractivity contribution is 5.90. The second kappa shape index (κ2) is 3.43. The van der Waals surface area contributed by atoms with Crippen molar-refractivity contribution in [2.45, 2.75) is 26.9 Å². The largest absolute Gasteiger partial charge is 0.459 e. The van der Waals surface area contributed by atoms with Crippen molar-refractivity contribution in [3.05, 3.63) is 23.5 Å². The standard InChI is InChI=1S/C9H13NO2/c1-6(2)12-9(11)8-4-5-10-7(8)3/h4-6,10H,1-3H3. The van der Waals surface area contributed by atoms with Crippen LogP contribution in [0.2, 0.25) is 0 Å². The number of H-pyrrole nitrogens is 1. The Kier molecular flexibility index (Phi) is 2.53. The number of nitrogens with one attached hydrogen (secondary N) is 1. The van der Waals surface area contributed by atoms with E-state index in [2.05, 4.69) is 4.98 Å². The van der Waals surface area contributed by atoms with Gasteiger partial charge in [0.25, 0.3) is 0 Å². The minimum atomic E-state index is -0.260. The normalized spacial score (nSPS) is 10.3. The van der Waals surface area contributed by atoms with Crippen molar-refractivity contribution in [1.29, 1.82) is 0 Å². The van der Waals surface area contributed by atoms with Crippen LogP contribution < -0.4 is 0 Å². The van der Waals surface area contributed by atoms with Crippen LogP contribution in [0.4, 0.5) is 0 Å². The molecule has 1 N–H and O–H groups in total. The molecule has 1 aromatic heterocycles. The average Bonchev–Trinajstić information content (AvgIpc) is 2.33. The SMILES string of the molecule is Cc1[nH]ccc1C(=O)OC(C)C. The predicted molar refractivity (Wildman–Crippen MR) is 46.1 cm³/mol. The fourth-order valence-corrected chi connectivity index (χ4v) is 0.951. The zero-order chi connectivity index (χ0) is 9.14. The van der Waals surface area contributed by atoms with E-state index in [4.69, 9.17) is 4.74 Å². The molecule has 0 radical (unpaired) electrons. The lowest BCUT2D eigenvalue weighted by Gasteiger charge is -2.06. The molecule has 0 saturated heterocycles. The van der Waals surface area contributed by atoms with Gasteiger partial charge in [-0.2, -0.15) is 0 Å². The second-order valence-corrected chi connectivity index (χ2v) is 2.97. The Hall–Kier alpha value is -1.25. The van der Waals surface area contributed by atoms with E-state index < -0.39 is 0 Å². The molecule has 0 unspecified atom stereocenters. The predicted octanol–water partition coefficient (Wildman–Crippen LogP) is 1.89. The summed E-state index contributed by atoms with van der Waals surface area (Å²) in [6.45, 7) is 5.51. The Labute approximate surface area is 71.7 Å². The molecule has 0 saturated carbocycles. The van der Waals surface area contributed by atoms with E-state index in [-0.39, 0.29) is 12.1 Å². The van der Waals surface area contributed by atoms with Gasteiger partial charge in [-0.3, -0.25) is 0 Å². The first-order valence-electron chi connectivity index (χ1n) is 3.96. The van der Waals surface area contributed by atoms with Gasteiger partial charge in [-0.25, -0.2) is 4.79 Å². The summed E-state index contributed by atoms with van der Waals surface area (Å²) < 4.78 is 5.02. The Morgan fingerprint density at radius 2 is 2.25 bits per heavy atom. The maximum absolute atomic E-state index is 11.3. The van der Waals surface area contributed by atoms with Crippen LogP contribution in [-0.2, 0) is 4.74 Å². The average molecular weight is 167 g/mol. The van der Waals surface area contributed by atoms with Crippen molar-refractivity contribution >= 4 is 5.97 Å². The van der Waals surface area contributed by atoms with E-state index in [1.165, 1.54) is 0 Å². The molecule has 0 amide bonds. The number of carbonyl (C=O) groups is 1. The Bertz CT molecular complexity index is 276. The number of esters is 1. The molecule has 0 atom stereocenters. The van der Waals surface area contributed by atoms with Crippen LogP contribution in [0.1, 0.15) is 29.9 Å². The summed E-state index contributed by atoms with van der Waals surface area (Å²) >= 11 is 0. The fraction of sp³-hybridized carbons (Fsp3) is 0.444. The minimum Gasteiger partial charge on any atom is -0.459 e. The van der Waals surface area contributed by atoms with E-state index in [0.717, 1.165) is 5.69 Å². The molecule has 3 heteroatoms. The van der Waals surface area contributed by atoms with Gasteiger partial charge in [0.05, 0.1) is 11.7 Å². The van der Waals surface area contributed by atoms with E-state index in [9.17, 15) is 4.79 Å². The van der Waals surface area contributed by atoms with E-state index in [1.807, 2.05) is 20.8 Å². The van der Waals surface area contributed by atoms with Crippen LogP contribution in [0.3, 0.4) is 0 Å². The maximum atomic E-state index is 11.3. The van der Waals surface area contributed by atoms with Crippen molar-refractivity contribution in [3.63, 3.8) is 0 Å². The van der Waals surface area contributed by atoms with Crippen molar-refractivity contribution < 1.29 is 9.53 Å². The third-order valence-corrected chi connectivity index (χ3v) is 1.52. The quantitative estimate of drug-likeness (QED) is 0.683. The molecular weight excluding hydrogens is 154 g/mol. The molecule has 66 valence electrons. The lowest BCUT2D eigenvalue weighted by atomic mass is 10.2. The molecule has 0 aliphatic rings. The maximum Gasteiger partial charge on any atom is 0.340 e. The van der Waals surface area contributed by atoms with Gasteiger partial charge in [-0.15, -0.1) is 0 Å². The van der Waals surface area contributed by atoms with Gasteiger partial charge in [-0.05, 0) is 26.8 Å². The van der Waals surface area contributed by atoms with Gasteiger partial charge >= 0.3 is 5.97 Å². The van der Waals surface area contributed by atoms with Crippen molar-refractivity contribution in [2.75, 3.05) is 0 Å². The van der Waals surface area contributed by atoms with Crippen LogP contribution in [-0.4, -0.2) is 17.1 Å². The van der Waals surface area contributed by atoms with Crippen LogP contribution in [0.25, 0.3) is 0 Å². The highest BCUT2D eigenvalue weighted by atomic mass is 16.5. The van der Waals surface area contributed by atoms with Gasteiger partial charge in [0.2, 0.25) is 0 Å². The smallest absolute Gasteiger partial charge is 0.340 e. The monoisotopic (exact) mass is 167 g/mol. The van der Waals surface area contributed by atoms with Crippen molar-refractivity contribution in [2.24, 2.45) is 0 Å². The number of hydrogen-bond donors (Lipinski definition) is 1. The van der Waals surface area contributed by atoms with Crippen LogP contribution in [0.5, 0.6) is 0 Å². The third kappa shape index (κ3) is 1.87. The Morgan fingerprint density at radius 1 is 1.58 bits per heavy atom. The molecule has 0 aliphatic carbocycles. The molecular formula is C9H13NO2. The van der Waals surface area contributed by atoms with Crippen LogP contribution in [0.15, 0.2) is 12.3 Å². The summed E-state index contributed by atoms with van der Waals surface area (Å²) in [4.78, 5) is 14.2. The number of ether oxygens (including phenoxy) is 1. The first-order chi connectivity index (χ1) is 5.61. The Balaban J connectivity index is 2.72. The molecule has 1 rings (SSSR count). The summed E-state index contributed by atoms with van der Waals surface area (Å²) in [7, 11) is 0. The first kappa shape index (κ1) is 8.84. The summed E-state index contributed by atoms with van der Waals surface area (Å²) in [5, 5.41) is 0. The zero-order valence-corrected chi connectivity index (χ0v) is 7.55. The van der Waals surface area contributed by atoms with Gasteiger partial charge in [0.15, 0.2) is 0 Å². The van der Waals surface area contributed by atoms with Gasteiger partial charge in [-0.1, -0.05) is 0 Å². The van der Waals surface area contributed by atoms with Crippen molar-refractivity contribution in [3.8, 4) is 0 Å². The van der Waals surface area contributed by atoms with Gasteiger partial charge < -0.3 is 9.72 Å². The Morgan fingerprint density at radius 3 is 2.67 bits per heavy atom. The molecule has 0 spiro atoms. The molecule has 0 aromatic carbocycles. The molecule has 0 fully saturated rings. The number of hydrogen-bond acceptors (Lipinski definition) is 2. The van der Waals surface area contributed by atoms with Crippen molar-refractivity contribution in [1.82, 2.24) is 4.98 Å². The fourth-order valence-electron chi connectivity index (χ4n) is 0.951. The van der Waals surface area contributed by atoms with Crippen LogP contribution in [0, 0.1) is 6.92 Å². The molecule has 0 aliphatic heterocycles. The highest BCUT2D eigenvalue weighted by Gasteiger charge is 2.11. The lowest BCUT2D eigenvalue weighted by molar-refractivity contribution is 0.0377. The van der Waals surface area contributed by atoms with E-state index in [0.29, 0.717) is 5.56 Å². The van der Waals surface area contributed by atoms with E-state index in [1.54, 1.807) is 12.3 Å². The topological polar surface area (TPSA) is 42.1 Å². The van der Waals surface area contributed by atoms with Gasteiger partial charge in [0, 0.05) is 11.9 Å². The lowest BCUT2D eigenvalue weighted by Crippen LogP contribution is -2.11. The number of rotatable bonds is 2. The summed E-state index contributed by atoms with van der Waals surface area (Å²) in [5.74, 6) is -0.260. The number of aromatic amines is 1. The van der Waals surface area contributed by atoms with E-state index >= 15 is 0 Å². The summed E-state index contributed by atoms with van der Waals surface area (Å²) in [5.41, 5.74) is 1.46. The molecule has 3 nitrogen and oxygen atoms in total.